The first-order chi connectivity index (χ1) is 17.2. The second-order valence-electron chi connectivity index (χ2n) is 9.73. The molecule has 5 nitrogen and oxygen atoms in total. The number of ether oxygens (including phenoxy) is 1. The first kappa shape index (κ1) is 27.3. The molecule has 0 aromatic heterocycles. The van der Waals surface area contributed by atoms with E-state index < -0.39 is 11.6 Å². The lowest BCUT2D eigenvalue weighted by molar-refractivity contribution is -0.141. The molecule has 0 fully saturated rings. The molecule has 3 aromatic rings. The molecule has 3 aromatic carbocycles. The summed E-state index contributed by atoms with van der Waals surface area (Å²) in [4.78, 5) is 30.1. The van der Waals surface area contributed by atoms with Gasteiger partial charge in [0.25, 0.3) is 0 Å². The first-order valence-corrected chi connectivity index (χ1v) is 13.2. The number of methoxy groups -OCH3 is 1. The maximum absolute atomic E-state index is 13.7. The Balaban J connectivity index is 1.89. The van der Waals surface area contributed by atoms with E-state index in [1.165, 1.54) is 0 Å². The zero-order valence-electron chi connectivity index (χ0n) is 21.6. The summed E-state index contributed by atoms with van der Waals surface area (Å²) in [5.74, 6) is 1.15. The topological polar surface area (TPSA) is 58.6 Å². The highest BCUT2D eigenvalue weighted by Gasteiger charge is 2.32. The van der Waals surface area contributed by atoms with Crippen molar-refractivity contribution in [3.8, 4) is 5.75 Å². The lowest BCUT2D eigenvalue weighted by Crippen LogP contribution is -2.54. The van der Waals surface area contributed by atoms with Gasteiger partial charge in [0.2, 0.25) is 11.8 Å². The number of hydrogen-bond donors (Lipinski definition) is 1. The normalized spacial score (nSPS) is 12.0. The van der Waals surface area contributed by atoms with Gasteiger partial charge in [0.05, 0.1) is 7.11 Å². The van der Waals surface area contributed by atoms with Crippen LogP contribution in [0.2, 0.25) is 0 Å². The van der Waals surface area contributed by atoms with Gasteiger partial charge in [-0.1, -0.05) is 60.7 Å². The van der Waals surface area contributed by atoms with Crippen molar-refractivity contribution in [2.45, 2.75) is 56.6 Å². The Bertz CT molecular complexity index is 1110. The Labute approximate surface area is 219 Å². The van der Waals surface area contributed by atoms with Gasteiger partial charge in [0.1, 0.15) is 11.8 Å². The monoisotopic (exact) mass is 504 g/mol. The third kappa shape index (κ3) is 8.76. The lowest BCUT2D eigenvalue weighted by Gasteiger charge is -2.34. The molecule has 0 aliphatic rings. The Morgan fingerprint density at radius 1 is 0.917 bits per heavy atom. The Kier molecular flexibility index (Phi) is 10.00. The van der Waals surface area contributed by atoms with Crippen LogP contribution >= 0.6 is 11.8 Å². The minimum Gasteiger partial charge on any atom is -0.497 e. The second kappa shape index (κ2) is 13.2. The van der Waals surface area contributed by atoms with Crippen LogP contribution in [0.15, 0.2) is 89.8 Å². The van der Waals surface area contributed by atoms with Crippen LogP contribution in [0, 0.1) is 0 Å². The molecule has 0 bridgehead atoms. The van der Waals surface area contributed by atoms with Crippen molar-refractivity contribution in [3.05, 3.63) is 96.1 Å². The van der Waals surface area contributed by atoms with Crippen molar-refractivity contribution >= 4 is 23.6 Å². The maximum atomic E-state index is 13.7. The molecule has 1 N–H and O–H groups in total. The third-order valence-electron chi connectivity index (χ3n) is 5.58. The molecule has 3 rings (SSSR count). The molecule has 190 valence electrons. The summed E-state index contributed by atoms with van der Waals surface area (Å²) < 4.78 is 5.39. The van der Waals surface area contributed by atoms with Crippen LogP contribution in [-0.4, -0.2) is 41.2 Å². The van der Waals surface area contributed by atoms with Crippen LogP contribution in [0.1, 0.15) is 38.3 Å². The van der Waals surface area contributed by atoms with Crippen molar-refractivity contribution in [1.82, 2.24) is 10.2 Å². The molecule has 0 aliphatic heterocycles. The molecule has 6 heteroatoms. The Morgan fingerprint density at radius 2 is 1.56 bits per heavy atom. The lowest BCUT2D eigenvalue weighted by atomic mass is 10.0. The van der Waals surface area contributed by atoms with E-state index >= 15 is 0 Å². The maximum Gasteiger partial charge on any atom is 0.243 e. The van der Waals surface area contributed by atoms with Crippen LogP contribution in [0.3, 0.4) is 0 Å². The molecule has 0 saturated carbocycles. The third-order valence-corrected chi connectivity index (χ3v) is 6.60. The molecule has 0 spiro atoms. The molecule has 0 radical (unpaired) electrons. The molecule has 2 amide bonds. The van der Waals surface area contributed by atoms with Crippen LogP contribution in [0.5, 0.6) is 5.75 Å². The van der Waals surface area contributed by atoms with Crippen LogP contribution in [0.25, 0.3) is 0 Å². The van der Waals surface area contributed by atoms with Crippen molar-refractivity contribution in [2.75, 3.05) is 12.9 Å². The molecule has 36 heavy (non-hydrogen) atoms. The van der Waals surface area contributed by atoms with Gasteiger partial charge >= 0.3 is 0 Å². The molecular weight excluding hydrogens is 468 g/mol. The van der Waals surface area contributed by atoms with E-state index in [1.807, 2.05) is 106 Å². The zero-order chi connectivity index (χ0) is 26.0. The summed E-state index contributed by atoms with van der Waals surface area (Å²) in [6.07, 6.45) is 0.766. The van der Waals surface area contributed by atoms with Crippen molar-refractivity contribution in [1.29, 1.82) is 0 Å². The second-order valence-corrected chi connectivity index (χ2v) is 10.9. The minimum absolute atomic E-state index is 0.0498. The molecule has 0 unspecified atom stereocenters. The van der Waals surface area contributed by atoms with Crippen LogP contribution < -0.4 is 10.1 Å². The highest BCUT2D eigenvalue weighted by Crippen LogP contribution is 2.22. The summed E-state index contributed by atoms with van der Waals surface area (Å²) in [5, 5.41) is 3.10. The van der Waals surface area contributed by atoms with Gasteiger partial charge in [0.15, 0.2) is 0 Å². The number of carbonyl (C=O) groups is 2. The standard InChI is InChI=1S/C30H36N2O3S/c1-30(2,3)31-29(34)27(21-23-12-7-5-8-13-23)32(22-24-14-11-15-25(20-24)35-4)28(33)18-19-36-26-16-9-6-10-17-26/h5-17,20,27H,18-19,21-22H2,1-4H3,(H,31,34)/t27-/m1/s1. The van der Waals surface area contributed by atoms with E-state index in [2.05, 4.69) is 5.32 Å². The van der Waals surface area contributed by atoms with Gasteiger partial charge in [-0.05, 0) is 56.2 Å². The predicted molar refractivity (Wildman–Crippen MR) is 147 cm³/mol. The Hall–Kier alpha value is -3.25. The van der Waals surface area contributed by atoms with Gasteiger partial charge in [-0.3, -0.25) is 9.59 Å². The summed E-state index contributed by atoms with van der Waals surface area (Å²) in [6.45, 7) is 6.18. The summed E-state index contributed by atoms with van der Waals surface area (Å²) in [5.41, 5.74) is 1.51. The highest BCUT2D eigenvalue weighted by molar-refractivity contribution is 7.99. The zero-order valence-corrected chi connectivity index (χ0v) is 22.4. The summed E-state index contributed by atoms with van der Waals surface area (Å²) in [6, 6.07) is 26.9. The average Bonchev–Trinajstić information content (AvgIpc) is 2.86. The number of thioether (sulfide) groups is 1. The smallest absolute Gasteiger partial charge is 0.243 e. The van der Waals surface area contributed by atoms with Crippen molar-refractivity contribution in [2.24, 2.45) is 0 Å². The van der Waals surface area contributed by atoms with Crippen LogP contribution in [-0.2, 0) is 22.6 Å². The van der Waals surface area contributed by atoms with Crippen LogP contribution in [0.4, 0.5) is 0 Å². The number of amides is 2. The fourth-order valence-electron chi connectivity index (χ4n) is 3.89. The highest BCUT2D eigenvalue weighted by atomic mass is 32.2. The SMILES string of the molecule is COc1cccc(CN(C(=O)CCSc2ccccc2)[C@H](Cc2ccccc2)C(=O)NC(C)(C)C)c1. The quantitative estimate of drug-likeness (QED) is 0.339. The number of rotatable bonds is 11. The number of hydrogen-bond acceptors (Lipinski definition) is 4. The van der Waals surface area contributed by atoms with Crippen molar-refractivity contribution < 1.29 is 14.3 Å². The number of nitrogens with zero attached hydrogens (tertiary/aromatic N) is 1. The van der Waals surface area contributed by atoms with Gasteiger partial charge in [-0.15, -0.1) is 11.8 Å². The summed E-state index contributed by atoms with van der Waals surface area (Å²) in [7, 11) is 1.62. The minimum atomic E-state index is -0.646. The number of benzene rings is 3. The fourth-order valence-corrected chi connectivity index (χ4v) is 4.75. The van der Waals surface area contributed by atoms with E-state index in [-0.39, 0.29) is 11.8 Å². The van der Waals surface area contributed by atoms with E-state index in [0.29, 0.717) is 25.1 Å². The predicted octanol–water partition coefficient (Wildman–Crippen LogP) is 5.73. The van der Waals surface area contributed by atoms with E-state index in [9.17, 15) is 9.59 Å². The largest absolute Gasteiger partial charge is 0.497 e. The molecule has 1 atom stereocenters. The van der Waals surface area contributed by atoms with E-state index in [0.717, 1.165) is 21.8 Å². The molecular formula is C30H36N2O3S. The van der Waals surface area contributed by atoms with Gasteiger partial charge < -0.3 is 15.0 Å². The molecule has 0 heterocycles. The number of carbonyl (C=O) groups excluding carboxylic acids is 2. The van der Waals surface area contributed by atoms with E-state index in [4.69, 9.17) is 4.74 Å². The Morgan fingerprint density at radius 3 is 2.19 bits per heavy atom. The average molecular weight is 505 g/mol. The summed E-state index contributed by atoms with van der Waals surface area (Å²) >= 11 is 1.64. The molecule has 0 aliphatic carbocycles. The van der Waals surface area contributed by atoms with Gasteiger partial charge in [-0.2, -0.15) is 0 Å². The molecule has 0 saturated heterocycles. The first-order valence-electron chi connectivity index (χ1n) is 12.2. The van der Waals surface area contributed by atoms with Gasteiger partial charge in [-0.25, -0.2) is 0 Å². The van der Waals surface area contributed by atoms with Crippen molar-refractivity contribution in [3.63, 3.8) is 0 Å². The van der Waals surface area contributed by atoms with Gasteiger partial charge in [0, 0.05) is 35.6 Å². The number of nitrogens with one attached hydrogen (secondary N) is 1. The fraction of sp³-hybridized carbons (Fsp3) is 0.333. The van der Waals surface area contributed by atoms with E-state index in [1.54, 1.807) is 23.8 Å².